The molecule has 0 aliphatic carbocycles. The zero-order chi connectivity index (χ0) is 15.6. The summed E-state index contributed by atoms with van der Waals surface area (Å²) in [4.78, 5) is 3.68. The second kappa shape index (κ2) is 6.25. The highest BCUT2D eigenvalue weighted by Gasteiger charge is 2.22. The highest BCUT2D eigenvalue weighted by atomic mass is 35.5. The van der Waals surface area contributed by atoms with E-state index in [2.05, 4.69) is 15.1 Å². The molecule has 1 aromatic carbocycles. The normalized spacial score (nSPS) is 11.2. The zero-order valence-corrected chi connectivity index (χ0v) is 13.4. The minimum absolute atomic E-state index is 0.00814. The Kier molecular flexibility index (Phi) is 4.80. The van der Waals surface area contributed by atoms with Gasteiger partial charge in [0, 0.05) is 11.2 Å². The fraction of sp³-hybridized carbons (Fsp3) is 0. The van der Waals surface area contributed by atoms with Crippen molar-refractivity contribution >= 4 is 56.3 Å². The van der Waals surface area contributed by atoms with Crippen LogP contribution in [0.25, 0.3) is 0 Å². The van der Waals surface area contributed by atoms with Gasteiger partial charge in [-0.05, 0) is 24.3 Å². The van der Waals surface area contributed by atoms with Crippen LogP contribution >= 0.6 is 34.8 Å². The number of halogens is 3. The number of hydrazine groups is 1. The number of nitrogens with one attached hydrogen (secondary N) is 2. The van der Waals surface area contributed by atoms with Gasteiger partial charge in [-0.25, -0.2) is 19.2 Å². The smallest absolute Gasteiger partial charge is 0.265 e. The molecule has 4 N–H and O–H groups in total. The molecule has 0 amide bonds. The van der Waals surface area contributed by atoms with E-state index in [4.69, 9.17) is 40.6 Å². The maximum Gasteiger partial charge on any atom is 0.265 e. The number of nitrogens with zero attached hydrogens (tertiary/aromatic N) is 1. The van der Waals surface area contributed by atoms with Gasteiger partial charge in [0.1, 0.15) is 4.90 Å². The lowest BCUT2D eigenvalue weighted by Crippen LogP contribution is -2.18. The van der Waals surface area contributed by atoms with Crippen LogP contribution in [-0.2, 0) is 10.0 Å². The lowest BCUT2D eigenvalue weighted by atomic mass is 10.3. The standard InChI is InChI=1S/C11H9Cl3N4O2S/c12-6-4-7(13)10(8(14)5-6)18-21(19,20)9-2-1-3-16-11(9)17-15/h1-5,18H,15H2,(H,16,17). The van der Waals surface area contributed by atoms with Crippen molar-refractivity contribution in [2.45, 2.75) is 4.90 Å². The number of anilines is 2. The van der Waals surface area contributed by atoms with E-state index in [1.807, 2.05) is 0 Å². The van der Waals surface area contributed by atoms with Crippen LogP contribution in [0.1, 0.15) is 0 Å². The first-order chi connectivity index (χ1) is 9.85. The number of nitrogen functional groups attached to an aromatic ring is 1. The first kappa shape index (κ1) is 16.1. The first-order valence-electron chi connectivity index (χ1n) is 5.44. The van der Waals surface area contributed by atoms with Gasteiger partial charge in [-0.3, -0.25) is 4.72 Å². The van der Waals surface area contributed by atoms with Crippen LogP contribution in [0.4, 0.5) is 11.5 Å². The summed E-state index contributed by atoms with van der Waals surface area (Å²) in [5.41, 5.74) is 2.23. The van der Waals surface area contributed by atoms with E-state index >= 15 is 0 Å². The van der Waals surface area contributed by atoms with Crippen molar-refractivity contribution in [1.29, 1.82) is 0 Å². The summed E-state index contributed by atoms with van der Waals surface area (Å²) < 4.78 is 27.0. The van der Waals surface area contributed by atoms with Crippen LogP contribution in [0, 0.1) is 0 Å². The molecule has 0 aliphatic heterocycles. The van der Waals surface area contributed by atoms with Crippen molar-refractivity contribution in [2.75, 3.05) is 10.1 Å². The van der Waals surface area contributed by atoms with Crippen LogP contribution in [0.15, 0.2) is 35.4 Å². The van der Waals surface area contributed by atoms with Crippen molar-refractivity contribution in [3.8, 4) is 0 Å². The van der Waals surface area contributed by atoms with E-state index in [0.29, 0.717) is 5.02 Å². The molecule has 0 aliphatic rings. The topological polar surface area (TPSA) is 97.1 Å². The highest BCUT2D eigenvalue weighted by Crippen LogP contribution is 2.35. The molecule has 0 bridgehead atoms. The summed E-state index contributed by atoms with van der Waals surface area (Å²) in [6.45, 7) is 0. The average molecular weight is 368 g/mol. The number of benzene rings is 1. The molecule has 112 valence electrons. The molecule has 21 heavy (non-hydrogen) atoms. The summed E-state index contributed by atoms with van der Waals surface area (Å²) in [7, 11) is -3.98. The van der Waals surface area contributed by atoms with Gasteiger partial charge in [0.2, 0.25) is 0 Å². The van der Waals surface area contributed by atoms with Gasteiger partial charge < -0.3 is 5.43 Å². The van der Waals surface area contributed by atoms with Crippen LogP contribution in [0.3, 0.4) is 0 Å². The van der Waals surface area contributed by atoms with E-state index < -0.39 is 10.0 Å². The van der Waals surface area contributed by atoms with Gasteiger partial charge in [-0.1, -0.05) is 34.8 Å². The van der Waals surface area contributed by atoms with E-state index in [-0.39, 0.29) is 26.4 Å². The van der Waals surface area contributed by atoms with Crippen molar-refractivity contribution in [3.05, 3.63) is 45.5 Å². The first-order valence-corrected chi connectivity index (χ1v) is 8.06. The molecule has 10 heteroatoms. The zero-order valence-electron chi connectivity index (χ0n) is 10.3. The molecular formula is C11H9Cl3N4O2S. The maximum atomic E-state index is 12.4. The van der Waals surface area contributed by atoms with Gasteiger partial charge in [0.15, 0.2) is 5.82 Å². The third-order valence-electron chi connectivity index (χ3n) is 2.44. The SMILES string of the molecule is NNc1ncccc1S(=O)(=O)Nc1c(Cl)cc(Cl)cc1Cl. The number of pyridine rings is 1. The van der Waals surface area contributed by atoms with Crippen LogP contribution < -0.4 is 16.0 Å². The van der Waals surface area contributed by atoms with E-state index in [0.717, 1.165) is 0 Å². The van der Waals surface area contributed by atoms with E-state index in [1.165, 1.54) is 30.5 Å². The summed E-state index contributed by atoms with van der Waals surface area (Å²) in [6.07, 6.45) is 1.40. The molecule has 0 spiro atoms. The molecule has 2 aromatic rings. The second-order valence-electron chi connectivity index (χ2n) is 3.84. The molecule has 0 unspecified atom stereocenters. The lowest BCUT2D eigenvalue weighted by Gasteiger charge is -2.13. The minimum atomic E-state index is -3.98. The van der Waals surface area contributed by atoms with Crippen molar-refractivity contribution in [2.24, 2.45) is 5.84 Å². The van der Waals surface area contributed by atoms with E-state index in [1.54, 1.807) is 0 Å². The molecule has 0 saturated heterocycles. The number of aromatic nitrogens is 1. The molecule has 0 atom stereocenters. The minimum Gasteiger partial charge on any atom is -0.307 e. The number of nitrogens with two attached hydrogens (primary N) is 1. The molecular weight excluding hydrogens is 359 g/mol. The predicted octanol–water partition coefficient (Wildman–Crippen LogP) is 3.13. The number of hydrogen-bond acceptors (Lipinski definition) is 5. The highest BCUT2D eigenvalue weighted by molar-refractivity contribution is 7.93. The Hall–Kier alpha value is -1.25. The summed E-state index contributed by atoms with van der Waals surface area (Å²) in [5.74, 6) is 5.24. The number of hydrogen-bond donors (Lipinski definition) is 3. The van der Waals surface area contributed by atoms with Crippen molar-refractivity contribution < 1.29 is 8.42 Å². The molecule has 2 rings (SSSR count). The fourth-order valence-electron chi connectivity index (χ4n) is 1.54. The Bertz CT molecular complexity index is 760. The Morgan fingerprint density at radius 3 is 2.33 bits per heavy atom. The predicted molar refractivity (Wildman–Crippen MR) is 84.3 cm³/mol. The fourth-order valence-corrected chi connectivity index (χ4v) is 3.79. The van der Waals surface area contributed by atoms with Gasteiger partial charge in [-0.2, -0.15) is 0 Å². The number of sulfonamides is 1. The summed E-state index contributed by atoms with van der Waals surface area (Å²) in [5, 5.41) is 0.433. The molecule has 0 radical (unpaired) electrons. The molecule has 0 fully saturated rings. The van der Waals surface area contributed by atoms with Gasteiger partial charge >= 0.3 is 0 Å². The molecule has 0 saturated carbocycles. The van der Waals surface area contributed by atoms with E-state index in [9.17, 15) is 8.42 Å². The third-order valence-corrected chi connectivity index (χ3v) is 4.64. The molecule has 1 aromatic heterocycles. The van der Waals surface area contributed by atoms with Gasteiger partial charge in [0.25, 0.3) is 10.0 Å². The third kappa shape index (κ3) is 3.50. The Labute approximate surface area is 136 Å². The van der Waals surface area contributed by atoms with Gasteiger partial charge in [0.05, 0.1) is 15.7 Å². The second-order valence-corrected chi connectivity index (χ2v) is 6.75. The number of rotatable bonds is 4. The summed E-state index contributed by atoms with van der Waals surface area (Å²) >= 11 is 17.7. The Morgan fingerprint density at radius 1 is 1.14 bits per heavy atom. The Morgan fingerprint density at radius 2 is 1.76 bits per heavy atom. The molecule has 1 heterocycles. The monoisotopic (exact) mass is 366 g/mol. The van der Waals surface area contributed by atoms with Crippen LogP contribution in [0.2, 0.25) is 15.1 Å². The van der Waals surface area contributed by atoms with Crippen molar-refractivity contribution in [3.63, 3.8) is 0 Å². The van der Waals surface area contributed by atoms with Crippen LogP contribution in [0.5, 0.6) is 0 Å². The Balaban J connectivity index is 2.48. The lowest BCUT2D eigenvalue weighted by molar-refractivity contribution is 0.601. The quantitative estimate of drug-likeness (QED) is 0.570. The maximum absolute atomic E-state index is 12.4. The van der Waals surface area contributed by atoms with Gasteiger partial charge in [-0.15, -0.1) is 0 Å². The summed E-state index contributed by atoms with van der Waals surface area (Å²) in [6, 6.07) is 5.54. The molecule has 6 nitrogen and oxygen atoms in total. The van der Waals surface area contributed by atoms with Crippen molar-refractivity contribution in [1.82, 2.24) is 4.98 Å². The van der Waals surface area contributed by atoms with Crippen LogP contribution in [-0.4, -0.2) is 13.4 Å². The largest absolute Gasteiger partial charge is 0.307 e. The average Bonchev–Trinajstić information content (AvgIpc) is 2.43.